The van der Waals surface area contributed by atoms with Crippen LogP contribution in [-0.4, -0.2) is 11.0 Å². The molecule has 0 aliphatic heterocycles. The third kappa shape index (κ3) is 2.08. The molecule has 1 aromatic carbocycles. The highest BCUT2D eigenvalue weighted by Gasteiger charge is 2.12. The van der Waals surface area contributed by atoms with E-state index in [9.17, 15) is 0 Å². The molecule has 16 heavy (non-hydrogen) atoms. The SMILES string of the molecule is CC(C)C(N)Cc1c[nH]c2c(Cl)cccc12. The number of para-hydroxylation sites is 1. The molecule has 2 aromatic rings. The molecule has 0 bridgehead atoms. The van der Waals surface area contributed by atoms with Gasteiger partial charge in [0.25, 0.3) is 0 Å². The minimum absolute atomic E-state index is 0.193. The zero-order valence-electron chi connectivity index (χ0n) is 9.63. The van der Waals surface area contributed by atoms with Gasteiger partial charge in [0.2, 0.25) is 0 Å². The molecule has 0 fully saturated rings. The standard InChI is InChI=1S/C13H17ClN2/c1-8(2)12(15)6-9-7-16-13-10(9)4-3-5-11(13)14/h3-5,7-8,12,16H,6,15H2,1-2H3. The Morgan fingerprint density at radius 1 is 1.38 bits per heavy atom. The Hall–Kier alpha value is -0.990. The van der Waals surface area contributed by atoms with Gasteiger partial charge in [-0.1, -0.05) is 37.6 Å². The molecule has 0 saturated carbocycles. The fourth-order valence-corrected chi connectivity index (χ4v) is 2.06. The number of fused-ring (bicyclic) bond motifs is 1. The van der Waals surface area contributed by atoms with E-state index >= 15 is 0 Å². The monoisotopic (exact) mass is 236 g/mol. The molecule has 86 valence electrons. The second-order valence-electron chi connectivity index (χ2n) is 4.59. The van der Waals surface area contributed by atoms with Gasteiger partial charge in [-0.15, -0.1) is 0 Å². The maximum absolute atomic E-state index is 6.11. The number of rotatable bonds is 3. The fourth-order valence-electron chi connectivity index (χ4n) is 1.83. The number of hydrogen-bond acceptors (Lipinski definition) is 1. The molecule has 3 heteroatoms. The number of hydrogen-bond donors (Lipinski definition) is 2. The molecule has 1 atom stereocenters. The Labute approximate surface area is 101 Å². The van der Waals surface area contributed by atoms with Gasteiger partial charge in [-0.05, 0) is 24.0 Å². The molecule has 2 nitrogen and oxygen atoms in total. The summed E-state index contributed by atoms with van der Waals surface area (Å²) in [6.45, 7) is 4.29. The van der Waals surface area contributed by atoms with Gasteiger partial charge in [-0.3, -0.25) is 0 Å². The van der Waals surface area contributed by atoms with Gasteiger partial charge in [0.1, 0.15) is 0 Å². The van der Waals surface area contributed by atoms with Gasteiger partial charge in [0, 0.05) is 17.6 Å². The predicted octanol–water partition coefficient (Wildman–Crippen LogP) is 3.35. The van der Waals surface area contributed by atoms with Gasteiger partial charge in [-0.25, -0.2) is 0 Å². The van der Waals surface area contributed by atoms with Crippen LogP contribution in [0.5, 0.6) is 0 Å². The Morgan fingerprint density at radius 2 is 2.12 bits per heavy atom. The third-order valence-corrected chi connectivity index (χ3v) is 3.38. The Kier molecular flexibility index (Phi) is 3.22. The number of halogens is 1. The second kappa shape index (κ2) is 4.48. The molecule has 0 amide bonds. The minimum Gasteiger partial charge on any atom is -0.360 e. The fraction of sp³-hybridized carbons (Fsp3) is 0.385. The van der Waals surface area contributed by atoms with Crippen molar-refractivity contribution >= 4 is 22.5 Å². The molecular weight excluding hydrogens is 220 g/mol. The van der Waals surface area contributed by atoms with Gasteiger partial charge in [-0.2, -0.15) is 0 Å². The van der Waals surface area contributed by atoms with Crippen LogP contribution in [0.25, 0.3) is 10.9 Å². The number of aromatic amines is 1. The molecule has 0 radical (unpaired) electrons. The van der Waals surface area contributed by atoms with E-state index in [0.29, 0.717) is 5.92 Å². The van der Waals surface area contributed by atoms with Crippen LogP contribution in [0, 0.1) is 5.92 Å². The van der Waals surface area contributed by atoms with Crippen LogP contribution in [0.2, 0.25) is 5.02 Å². The van der Waals surface area contributed by atoms with Gasteiger partial charge >= 0.3 is 0 Å². The quantitative estimate of drug-likeness (QED) is 0.843. The lowest BCUT2D eigenvalue weighted by Gasteiger charge is -2.14. The van der Waals surface area contributed by atoms with Crippen molar-refractivity contribution in [3.05, 3.63) is 35.0 Å². The van der Waals surface area contributed by atoms with E-state index in [-0.39, 0.29) is 6.04 Å². The molecule has 2 rings (SSSR count). The first kappa shape index (κ1) is 11.5. The van der Waals surface area contributed by atoms with Gasteiger partial charge < -0.3 is 10.7 Å². The maximum atomic E-state index is 6.11. The smallest absolute Gasteiger partial charge is 0.0647 e. The molecule has 0 spiro atoms. The predicted molar refractivity (Wildman–Crippen MR) is 69.8 cm³/mol. The molecule has 0 saturated heterocycles. The molecule has 1 aromatic heterocycles. The average molecular weight is 237 g/mol. The molecular formula is C13H17ClN2. The minimum atomic E-state index is 0.193. The molecule has 0 aliphatic carbocycles. The van der Waals surface area contributed by atoms with Crippen molar-refractivity contribution in [2.24, 2.45) is 11.7 Å². The summed E-state index contributed by atoms with van der Waals surface area (Å²) in [4.78, 5) is 3.21. The first-order valence-corrected chi connectivity index (χ1v) is 5.97. The Balaban J connectivity index is 2.36. The summed E-state index contributed by atoms with van der Waals surface area (Å²) in [5, 5.41) is 1.95. The first-order valence-electron chi connectivity index (χ1n) is 5.59. The average Bonchev–Trinajstić information content (AvgIpc) is 2.63. The van der Waals surface area contributed by atoms with Crippen LogP contribution < -0.4 is 5.73 Å². The van der Waals surface area contributed by atoms with E-state index in [1.165, 1.54) is 10.9 Å². The zero-order chi connectivity index (χ0) is 11.7. The van der Waals surface area contributed by atoms with Crippen LogP contribution >= 0.6 is 11.6 Å². The molecule has 1 heterocycles. The number of nitrogens with two attached hydrogens (primary N) is 1. The first-order chi connectivity index (χ1) is 7.59. The largest absolute Gasteiger partial charge is 0.360 e. The lowest BCUT2D eigenvalue weighted by molar-refractivity contribution is 0.491. The third-order valence-electron chi connectivity index (χ3n) is 3.06. The summed E-state index contributed by atoms with van der Waals surface area (Å²) in [5.41, 5.74) is 8.35. The van der Waals surface area contributed by atoms with Crippen LogP contribution in [0.3, 0.4) is 0 Å². The zero-order valence-corrected chi connectivity index (χ0v) is 10.4. The van der Waals surface area contributed by atoms with Crippen molar-refractivity contribution in [2.75, 3.05) is 0 Å². The van der Waals surface area contributed by atoms with E-state index < -0.39 is 0 Å². The van der Waals surface area contributed by atoms with Gasteiger partial charge in [0.15, 0.2) is 0 Å². The molecule has 1 unspecified atom stereocenters. The second-order valence-corrected chi connectivity index (χ2v) is 5.00. The highest BCUT2D eigenvalue weighted by molar-refractivity contribution is 6.35. The van der Waals surface area contributed by atoms with E-state index in [4.69, 9.17) is 17.3 Å². The number of nitrogens with one attached hydrogen (secondary N) is 1. The number of H-pyrrole nitrogens is 1. The topological polar surface area (TPSA) is 41.8 Å². The van der Waals surface area contributed by atoms with Crippen molar-refractivity contribution in [1.82, 2.24) is 4.98 Å². The van der Waals surface area contributed by atoms with Gasteiger partial charge in [0.05, 0.1) is 10.5 Å². The van der Waals surface area contributed by atoms with E-state index in [2.05, 4.69) is 24.9 Å². The Morgan fingerprint density at radius 3 is 2.81 bits per heavy atom. The highest BCUT2D eigenvalue weighted by atomic mass is 35.5. The lowest BCUT2D eigenvalue weighted by atomic mass is 9.97. The van der Waals surface area contributed by atoms with Crippen molar-refractivity contribution in [3.8, 4) is 0 Å². The van der Waals surface area contributed by atoms with E-state index in [1.54, 1.807) is 0 Å². The highest BCUT2D eigenvalue weighted by Crippen LogP contribution is 2.26. The summed E-state index contributed by atoms with van der Waals surface area (Å²) in [6, 6.07) is 6.15. The van der Waals surface area contributed by atoms with Crippen LogP contribution in [-0.2, 0) is 6.42 Å². The van der Waals surface area contributed by atoms with Crippen LogP contribution in [0.4, 0.5) is 0 Å². The molecule has 3 N–H and O–H groups in total. The van der Waals surface area contributed by atoms with Crippen LogP contribution in [0.15, 0.2) is 24.4 Å². The Bertz CT molecular complexity index is 488. The van der Waals surface area contributed by atoms with Crippen molar-refractivity contribution in [1.29, 1.82) is 0 Å². The summed E-state index contributed by atoms with van der Waals surface area (Å²) < 4.78 is 0. The summed E-state index contributed by atoms with van der Waals surface area (Å²) >= 11 is 6.11. The van der Waals surface area contributed by atoms with Crippen LogP contribution in [0.1, 0.15) is 19.4 Å². The van der Waals surface area contributed by atoms with Crippen molar-refractivity contribution < 1.29 is 0 Å². The van der Waals surface area contributed by atoms with E-state index in [1.807, 2.05) is 18.3 Å². The summed E-state index contributed by atoms with van der Waals surface area (Å²) in [6.07, 6.45) is 2.90. The molecule has 0 aliphatic rings. The lowest BCUT2D eigenvalue weighted by Crippen LogP contribution is -2.28. The number of benzene rings is 1. The van der Waals surface area contributed by atoms with Crippen molar-refractivity contribution in [2.45, 2.75) is 26.3 Å². The summed E-state index contributed by atoms with van der Waals surface area (Å²) in [5.74, 6) is 0.490. The summed E-state index contributed by atoms with van der Waals surface area (Å²) in [7, 11) is 0. The maximum Gasteiger partial charge on any atom is 0.0647 e. The van der Waals surface area contributed by atoms with E-state index in [0.717, 1.165) is 17.0 Å². The normalized spacial score (nSPS) is 13.6. The van der Waals surface area contributed by atoms with Crippen molar-refractivity contribution in [3.63, 3.8) is 0 Å². The number of aromatic nitrogens is 1.